The lowest BCUT2D eigenvalue weighted by Gasteiger charge is -2.26. The highest BCUT2D eigenvalue weighted by molar-refractivity contribution is 7.50. The summed E-state index contributed by atoms with van der Waals surface area (Å²) in [7, 11) is -3.55. The molecule has 0 aromatic heterocycles. The minimum atomic E-state index is -3.55. The molecule has 1 N–H and O–H groups in total. The molecule has 1 unspecified atom stereocenters. The van der Waals surface area contributed by atoms with E-state index in [1.165, 1.54) is 0 Å². The first-order chi connectivity index (χ1) is 8.08. The van der Waals surface area contributed by atoms with Crippen LogP contribution in [0.4, 0.5) is 0 Å². The van der Waals surface area contributed by atoms with Crippen LogP contribution >= 0.6 is 7.75 Å². The van der Waals surface area contributed by atoms with Gasteiger partial charge in [-0.3, -0.25) is 4.52 Å². The van der Waals surface area contributed by atoms with Gasteiger partial charge in [0.2, 0.25) is 0 Å². The molecule has 0 fully saturated rings. The first-order valence-electron chi connectivity index (χ1n) is 6.81. The Labute approximate surface area is 106 Å². The van der Waals surface area contributed by atoms with Crippen molar-refractivity contribution in [2.24, 2.45) is 0 Å². The Hall–Kier alpha value is 0.110. The second-order valence-electron chi connectivity index (χ2n) is 4.28. The third-order valence-corrected chi connectivity index (χ3v) is 4.40. The summed E-state index contributed by atoms with van der Waals surface area (Å²) in [6.07, 6.45) is 6.34. The van der Waals surface area contributed by atoms with Crippen LogP contribution in [0.3, 0.4) is 0 Å². The Morgan fingerprint density at radius 3 is 1.82 bits per heavy atom. The van der Waals surface area contributed by atoms with E-state index in [0.29, 0.717) is 13.1 Å². The summed E-state index contributed by atoms with van der Waals surface area (Å²) < 4.78 is 18.6. The third-order valence-electron chi connectivity index (χ3n) is 2.69. The molecule has 0 amide bonds. The molecule has 0 radical (unpaired) electrons. The molecule has 0 saturated carbocycles. The second kappa shape index (κ2) is 10.1. The molecule has 0 spiro atoms. The van der Waals surface area contributed by atoms with Crippen molar-refractivity contribution in [1.29, 1.82) is 0 Å². The van der Waals surface area contributed by atoms with Crippen LogP contribution < -0.4 is 0 Å². The Morgan fingerprint density at radius 2 is 1.47 bits per heavy atom. The van der Waals surface area contributed by atoms with Gasteiger partial charge >= 0.3 is 7.75 Å². The molecule has 1 atom stereocenters. The van der Waals surface area contributed by atoms with E-state index in [9.17, 15) is 9.46 Å². The lowest BCUT2D eigenvalue weighted by atomic mass is 10.2. The minimum absolute atomic E-state index is 0.284. The molecular weight excluding hydrogens is 237 g/mol. The maximum absolute atomic E-state index is 12.0. The largest absolute Gasteiger partial charge is 0.405 e. The van der Waals surface area contributed by atoms with Gasteiger partial charge in [0.25, 0.3) is 0 Å². The molecule has 4 nitrogen and oxygen atoms in total. The fraction of sp³-hybridized carbons (Fsp3) is 1.00. The molecule has 0 aromatic carbocycles. The molecule has 0 aliphatic heterocycles. The number of rotatable bonds is 11. The molecule has 0 saturated heterocycles. The third kappa shape index (κ3) is 7.93. The van der Waals surface area contributed by atoms with Crippen LogP contribution in [-0.4, -0.2) is 29.3 Å². The molecular formula is C12H28NO3P. The molecule has 0 rings (SSSR count). The predicted molar refractivity (Wildman–Crippen MR) is 72.1 cm³/mol. The van der Waals surface area contributed by atoms with E-state index < -0.39 is 7.75 Å². The van der Waals surface area contributed by atoms with E-state index in [1.807, 2.05) is 0 Å². The van der Waals surface area contributed by atoms with Crippen molar-refractivity contribution in [3.8, 4) is 0 Å². The predicted octanol–water partition coefficient (Wildman–Crippen LogP) is 3.81. The van der Waals surface area contributed by atoms with Crippen molar-refractivity contribution in [1.82, 2.24) is 4.67 Å². The van der Waals surface area contributed by atoms with E-state index in [2.05, 4.69) is 13.8 Å². The molecule has 104 valence electrons. The van der Waals surface area contributed by atoms with Crippen molar-refractivity contribution in [2.75, 3.05) is 19.7 Å². The van der Waals surface area contributed by atoms with Gasteiger partial charge < -0.3 is 4.89 Å². The first kappa shape index (κ1) is 17.1. The summed E-state index contributed by atoms with van der Waals surface area (Å²) in [6, 6.07) is 0. The lowest BCUT2D eigenvalue weighted by molar-refractivity contribution is 0.206. The van der Waals surface area contributed by atoms with Gasteiger partial charge in [-0.05, 0) is 19.8 Å². The molecule has 0 aliphatic carbocycles. The Kier molecular flexibility index (Phi) is 10.1. The van der Waals surface area contributed by atoms with Crippen LogP contribution in [0.5, 0.6) is 0 Å². The van der Waals surface area contributed by atoms with Crippen molar-refractivity contribution in [2.45, 2.75) is 59.3 Å². The number of unbranched alkanes of at least 4 members (excludes halogenated alkanes) is 4. The molecule has 5 heteroatoms. The summed E-state index contributed by atoms with van der Waals surface area (Å²) in [5.74, 6) is 0. The number of hydrogen-bond donors (Lipinski definition) is 1. The van der Waals surface area contributed by atoms with Gasteiger partial charge in [0, 0.05) is 13.1 Å². The highest BCUT2D eigenvalue weighted by Gasteiger charge is 2.27. The fourth-order valence-corrected chi connectivity index (χ4v) is 2.99. The average molecular weight is 265 g/mol. The van der Waals surface area contributed by atoms with Crippen LogP contribution in [-0.2, 0) is 9.09 Å². The highest BCUT2D eigenvalue weighted by atomic mass is 31.2. The van der Waals surface area contributed by atoms with Crippen LogP contribution in [0.25, 0.3) is 0 Å². The van der Waals surface area contributed by atoms with Crippen molar-refractivity contribution in [3.63, 3.8) is 0 Å². The first-order valence-corrected chi connectivity index (χ1v) is 8.34. The second-order valence-corrected chi connectivity index (χ2v) is 6.08. The van der Waals surface area contributed by atoms with E-state index >= 15 is 0 Å². The summed E-state index contributed by atoms with van der Waals surface area (Å²) in [5.41, 5.74) is 0. The fourth-order valence-electron chi connectivity index (χ4n) is 1.70. The van der Waals surface area contributed by atoms with Crippen molar-refractivity contribution in [3.05, 3.63) is 0 Å². The quantitative estimate of drug-likeness (QED) is 0.456. The Balaban J connectivity index is 4.22. The maximum Gasteiger partial charge on any atom is 0.405 e. The van der Waals surface area contributed by atoms with Crippen molar-refractivity contribution >= 4 is 7.75 Å². The normalized spacial score (nSPS) is 15.1. The Morgan fingerprint density at radius 1 is 1.00 bits per heavy atom. The summed E-state index contributed by atoms with van der Waals surface area (Å²) in [4.78, 5) is 9.83. The van der Waals surface area contributed by atoms with Crippen LogP contribution in [0.15, 0.2) is 0 Å². The van der Waals surface area contributed by atoms with Crippen molar-refractivity contribution < 1.29 is 14.0 Å². The van der Waals surface area contributed by atoms with Gasteiger partial charge in [-0.1, -0.05) is 39.5 Å². The van der Waals surface area contributed by atoms with Gasteiger partial charge in [0.1, 0.15) is 0 Å². The number of hydrogen-bond acceptors (Lipinski definition) is 2. The summed E-state index contributed by atoms with van der Waals surface area (Å²) in [5, 5.41) is 0. The van der Waals surface area contributed by atoms with Crippen LogP contribution in [0.1, 0.15) is 59.3 Å². The van der Waals surface area contributed by atoms with Gasteiger partial charge in [-0.2, -0.15) is 0 Å². The minimum Gasteiger partial charge on any atom is -0.312 e. The van der Waals surface area contributed by atoms with E-state index in [4.69, 9.17) is 4.52 Å². The van der Waals surface area contributed by atoms with Gasteiger partial charge in [0.15, 0.2) is 0 Å². The molecule has 0 aliphatic rings. The van der Waals surface area contributed by atoms with Gasteiger partial charge in [-0.25, -0.2) is 9.24 Å². The van der Waals surface area contributed by atoms with Gasteiger partial charge in [0.05, 0.1) is 6.61 Å². The topological polar surface area (TPSA) is 49.8 Å². The van der Waals surface area contributed by atoms with Gasteiger partial charge in [-0.15, -0.1) is 0 Å². The smallest absolute Gasteiger partial charge is 0.312 e. The van der Waals surface area contributed by atoms with Crippen LogP contribution in [0, 0.1) is 0 Å². The van der Waals surface area contributed by atoms with E-state index in [1.54, 1.807) is 11.6 Å². The molecule has 0 aromatic rings. The van der Waals surface area contributed by atoms with E-state index in [-0.39, 0.29) is 6.61 Å². The zero-order chi connectivity index (χ0) is 13.1. The number of nitrogens with zero attached hydrogens (tertiary/aromatic N) is 1. The monoisotopic (exact) mass is 265 g/mol. The maximum atomic E-state index is 12.0. The van der Waals surface area contributed by atoms with E-state index in [0.717, 1.165) is 38.5 Å². The SMILES string of the molecule is CCCCCN(CCCCC)P(=O)(O)OCC. The standard InChI is InChI=1S/C12H28NO3P/c1-4-7-9-11-13(12-10-8-5-2)17(14,15)16-6-3/h4-12H2,1-3H3,(H,14,15). The van der Waals surface area contributed by atoms with Crippen LogP contribution in [0.2, 0.25) is 0 Å². The Bertz CT molecular complexity index is 214. The molecule has 0 bridgehead atoms. The molecule has 17 heavy (non-hydrogen) atoms. The zero-order valence-electron chi connectivity index (χ0n) is 11.5. The molecule has 0 heterocycles. The summed E-state index contributed by atoms with van der Waals surface area (Å²) in [6.45, 7) is 7.60. The average Bonchev–Trinajstić information content (AvgIpc) is 2.27. The summed E-state index contributed by atoms with van der Waals surface area (Å²) >= 11 is 0. The highest BCUT2D eigenvalue weighted by Crippen LogP contribution is 2.46. The lowest BCUT2D eigenvalue weighted by Crippen LogP contribution is -2.24. The zero-order valence-corrected chi connectivity index (χ0v) is 12.4.